The van der Waals surface area contributed by atoms with Crippen molar-refractivity contribution in [1.82, 2.24) is 20.9 Å². The number of amides is 4. The Bertz CT molecular complexity index is 1130. The number of nitrogens with one attached hydrogen (secondary N) is 3. The summed E-state index contributed by atoms with van der Waals surface area (Å²) in [7, 11) is 0. The van der Waals surface area contributed by atoms with Crippen LogP contribution in [0.25, 0.3) is 0 Å². The molecule has 0 radical (unpaired) electrons. The first-order valence-corrected chi connectivity index (χ1v) is 15.2. The number of Topliss-reactive ketones (excluding diaryl/α,β-unsaturated/α-hetero) is 1. The number of carbonyl (C=O) groups excluding carboxylic acids is 6. The van der Waals surface area contributed by atoms with Crippen molar-refractivity contribution in [2.24, 2.45) is 23.2 Å². The van der Waals surface area contributed by atoms with Crippen molar-refractivity contribution in [1.29, 1.82) is 0 Å². The van der Waals surface area contributed by atoms with E-state index in [2.05, 4.69) is 29.1 Å². The highest BCUT2D eigenvalue weighted by Gasteiger charge is 2.69. The van der Waals surface area contributed by atoms with Crippen LogP contribution in [0.3, 0.4) is 0 Å². The molecule has 1 saturated carbocycles. The van der Waals surface area contributed by atoms with Gasteiger partial charge in [0.15, 0.2) is 0 Å². The SMILES string of the molecule is C=CCC[C@H](NC(=O)C1C2C(CN1C(=O)C(CCC(=O)OC(C)(C)C)NC(=O)OCC(C)C)C2(C)C)C(=O)C(=O)NCC=C. The first kappa shape index (κ1) is 36.5. The molecule has 5 atom stereocenters. The number of rotatable bonds is 16. The molecule has 2 aliphatic rings. The summed E-state index contributed by atoms with van der Waals surface area (Å²) in [5, 5.41) is 7.73. The van der Waals surface area contributed by atoms with Crippen molar-refractivity contribution < 1.29 is 38.2 Å². The maximum atomic E-state index is 14.0. The quantitative estimate of drug-likeness (QED) is 0.135. The number of hydrogen-bond acceptors (Lipinski definition) is 8. The van der Waals surface area contributed by atoms with Gasteiger partial charge < -0.3 is 30.3 Å². The third-order valence-corrected chi connectivity index (χ3v) is 7.88. The second-order valence-electron chi connectivity index (χ2n) is 13.5. The standard InChI is InChI=1S/C32H50N4O8/c1-10-12-13-21(26(38)28(40)33-16-11-2)34-27(39)25-24-20(32(24,8)9)17-36(25)29(41)22(35-30(42)43-18-19(3)4)14-15-23(37)44-31(5,6)7/h10-11,19-22,24-25H,1-2,12-18H2,3-9H3,(H,33,40)(H,34,39)(H,35,42)/t20?,21-,22?,24?,25?/m0/s1. The Morgan fingerprint density at radius 1 is 1.00 bits per heavy atom. The fourth-order valence-electron chi connectivity index (χ4n) is 5.57. The van der Waals surface area contributed by atoms with Gasteiger partial charge in [0.05, 0.1) is 12.6 Å². The van der Waals surface area contributed by atoms with Gasteiger partial charge in [-0.3, -0.25) is 24.0 Å². The molecule has 0 aromatic heterocycles. The van der Waals surface area contributed by atoms with Crippen LogP contribution in [0.2, 0.25) is 0 Å². The Morgan fingerprint density at radius 2 is 1.66 bits per heavy atom. The third kappa shape index (κ3) is 9.92. The monoisotopic (exact) mass is 618 g/mol. The molecule has 1 saturated heterocycles. The van der Waals surface area contributed by atoms with Crippen LogP contribution in [-0.4, -0.2) is 83.9 Å². The van der Waals surface area contributed by atoms with Gasteiger partial charge in [-0.2, -0.15) is 0 Å². The molecule has 44 heavy (non-hydrogen) atoms. The molecule has 12 nitrogen and oxygen atoms in total. The Morgan fingerprint density at radius 3 is 2.23 bits per heavy atom. The van der Waals surface area contributed by atoms with Gasteiger partial charge in [-0.25, -0.2) is 4.79 Å². The molecule has 0 aromatic carbocycles. The fourth-order valence-corrected chi connectivity index (χ4v) is 5.57. The molecule has 1 heterocycles. The van der Waals surface area contributed by atoms with Crippen molar-refractivity contribution in [2.45, 2.75) is 97.9 Å². The summed E-state index contributed by atoms with van der Waals surface area (Å²) in [4.78, 5) is 79.7. The Balaban J connectivity index is 2.31. The lowest BCUT2D eigenvalue weighted by Crippen LogP contribution is -2.58. The molecule has 4 amide bonds. The molecular formula is C32H50N4O8. The minimum atomic E-state index is -1.17. The molecule has 4 unspecified atom stereocenters. The van der Waals surface area contributed by atoms with Gasteiger partial charge in [0.2, 0.25) is 17.6 Å². The topological polar surface area (TPSA) is 160 Å². The number of esters is 1. The summed E-state index contributed by atoms with van der Waals surface area (Å²) < 4.78 is 10.6. The molecule has 1 aliphatic carbocycles. The van der Waals surface area contributed by atoms with E-state index in [0.717, 1.165) is 0 Å². The lowest BCUT2D eigenvalue weighted by molar-refractivity contribution is -0.155. The van der Waals surface area contributed by atoms with Gasteiger partial charge in [-0.1, -0.05) is 39.8 Å². The van der Waals surface area contributed by atoms with Gasteiger partial charge in [0.25, 0.3) is 5.91 Å². The number of ether oxygens (including phenoxy) is 2. The molecule has 0 aromatic rings. The number of hydrogen-bond donors (Lipinski definition) is 3. The van der Waals surface area contributed by atoms with E-state index in [1.54, 1.807) is 26.8 Å². The highest BCUT2D eigenvalue weighted by molar-refractivity contribution is 6.38. The molecule has 3 N–H and O–H groups in total. The van der Waals surface area contributed by atoms with Crippen LogP contribution in [0.1, 0.15) is 74.1 Å². The molecule has 2 fully saturated rings. The van der Waals surface area contributed by atoms with Crippen LogP contribution in [0.4, 0.5) is 4.79 Å². The number of allylic oxidation sites excluding steroid dienone is 1. The zero-order valence-corrected chi connectivity index (χ0v) is 27.2. The second kappa shape index (κ2) is 15.3. The lowest BCUT2D eigenvalue weighted by Gasteiger charge is -2.33. The number of piperidine rings is 1. The zero-order valence-electron chi connectivity index (χ0n) is 27.2. The van der Waals surface area contributed by atoms with E-state index in [0.29, 0.717) is 6.42 Å². The van der Waals surface area contributed by atoms with Crippen LogP contribution in [-0.2, 0) is 33.4 Å². The van der Waals surface area contributed by atoms with E-state index in [1.807, 2.05) is 27.7 Å². The first-order chi connectivity index (χ1) is 20.4. The molecule has 246 valence electrons. The van der Waals surface area contributed by atoms with Crippen molar-refractivity contribution >= 4 is 35.6 Å². The van der Waals surface area contributed by atoms with Crippen LogP contribution in [0.5, 0.6) is 0 Å². The number of alkyl carbamates (subject to hydrolysis) is 1. The van der Waals surface area contributed by atoms with Crippen LogP contribution in [0.15, 0.2) is 25.3 Å². The van der Waals surface area contributed by atoms with Gasteiger partial charge in [-0.15, -0.1) is 13.2 Å². The normalized spacial score (nSPS) is 21.3. The van der Waals surface area contributed by atoms with Crippen LogP contribution < -0.4 is 16.0 Å². The van der Waals surface area contributed by atoms with Gasteiger partial charge in [0.1, 0.15) is 17.7 Å². The minimum Gasteiger partial charge on any atom is -0.460 e. The average Bonchev–Trinajstić information content (AvgIpc) is 3.25. The maximum absolute atomic E-state index is 14.0. The predicted octanol–water partition coefficient (Wildman–Crippen LogP) is 2.66. The van der Waals surface area contributed by atoms with Gasteiger partial charge in [0, 0.05) is 19.5 Å². The number of nitrogens with zero attached hydrogens (tertiary/aromatic N) is 1. The molecule has 0 spiro atoms. The molecule has 2 rings (SSSR count). The minimum absolute atomic E-state index is 0.0137. The maximum Gasteiger partial charge on any atom is 0.407 e. The van der Waals surface area contributed by atoms with E-state index in [9.17, 15) is 28.8 Å². The largest absolute Gasteiger partial charge is 0.460 e. The Hall–Kier alpha value is -3.70. The van der Waals surface area contributed by atoms with Gasteiger partial charge in [-0.05, 0) is 63.2 Å². The Labute approximate surface area is 260 Å². The number of ketones is 1. The van der Waals surface area contributed by atoms with Crippen molar-refractivity contribution in [3.05, 3.63) is 25.3 Å². The molecule has 12 heteroatoms. The predicted molar refractivity (Wildman–Crippen MR) is 164 cm³/mol. The van der Waals surface area contributed by atoms with Crippen molar-refractivity contribution in [3.63, 3.8) is 0 Å². The van der Waals surface area contributed by atoms with Crippen LogP contribution >= 0.6 is 0 Å². The summed E-state index contributed by atoms with van der Waals surface area (Å²) in [6.45, 7) is 20.6. The summed E-state index contributed by atoms with van der Waals surface area (Å²) >= 11 is 0. The lowest BCUT2D eigenvalue weighted by atomic mass is 9.98. The number of fused-ring (bicyclic) bond motifs is 1. The number of likely N-dealkylation sites (tertiary alicyclic amines) is 1. The average molecular weight is 619 g/mol. The highest BCUT2D eigenvalue weighted by atomic mass is 16.6. The summed E-state index contributed by atoms with van der Waals surface area (Å²) in [6, 6.07) is -3.24. The Kier molecular flexibility index (Phi) is 12.7. The van der Waals surface area contributed by atoms with E-state index in [-0.39, 0.29) is 62.1 Å². The smallest absolute Gasteiger partial charge is 0.407 e. The molecule has 1 aliphatic heterocycles. The number of carbonyl (C=O) groups is 6. The summed E-state index contributed by atoms with van der Waals surface area (Å²) in [5.74, 6) is -3.43. The zero-order chi connectivity index (χ0) is 33.4. The van der Waals surface area contributed by atoms with Gasteiger partial charge >= 0.3 is 12.1 Å². The second-order valence-corrected chi connectivity index (χ2v) is 13.5. The van der Waals surface area contributed by atoms with Crippen molar-refractivity contribution in [2.75, 3.05) is 19.7 Å². The van der Waals surface area contributed by atoms with E-state index >= 15 is 0 Å². The first-order valence-electron chi connectivity index (χ1n) is 15.2. The van der Waals surface area contributed by atoms with E-state index in [1.165, 1.54) is 11.0 Å². The van der Waals surface area contributed by atoms with Crippen LogP contribution in [0, 0.1) is 23.2 Å². The highest BCUT2D eigenvalue weighted by Crippen LogP contribution is 2.65. The van der Waals surface area contributed by atoms with E-state index in [4.69, 9.17) is 9.47 Å². The molecule has 0 bridgehead atoms. The summed E-state index contributed by atoms with van der Waals surface area (Å²) in [5.41, 5.74) is -0.969. The fraction of sp³-hybridized carbons (Fsp3) is 0.688. The molecular weight excluding hydrogens is 568 g/mol. The summed E-state index contributed by atoms with van der Waals surface area (Å²) in [6.07, 6.45) is 2.50. The third-order valence-electron chi connectivity index (χ3n) is 7.88. The van der Waals surface area contributed by atoms with Crippen molar-refractivity contribution in [3.8, 4) is 0 Å². The van der Waals surface area contributed by atoms with E-state index < -0.39 is 59.3 Å².